The third kappa shape index (κ3) is 3.07. The Morgan fingerprint density at radius 2 is 2.19 bits per heavy atom. The molecular formula is C12H14N4O5. The van der Waals surface area contributed by atoms with Crippen molar-refractivity contribution in [1.29, 1.82) is 0 Å². The molecule has 1 aromatic carbocycles. The summed E-state index contributed by atoms with van der Waals surface area (Å²) >= 11 is 0. The molecule has 0 unspecified atom stereocenters. The van der Waals surface area contributed by atoms with E-state index >= 15 is 0 Å². The summed E-state index contributed by atoms with van der Waals surface area (Å²) in [7, 11) is 0. The van der Waals surface area contributed by atoms with E-state index in [1.807, 2.05) is 6.92 Å². The SMILES string of the molecule is CCCC[C@H](Nc1ccc([N+](=O)[O-])c2nonc12)C(=O)O. The van der Waals surface area contributed by atoms with Crippen LogP contribution >= 0.6 is 0 Å². The molecule has 1 aromatic heterocycles. The number of nitrogens with one attached hydrogen (secondary N) is 1. The molecule has 0 bridgehead atoms. The number of aromatic nitrogens is 2. The number of unbranched alkanes of at least 4 members (excludes halogenated alkanes) is 1. The number of hydrogen-bond acceptors (Lipinski definition) is 7. The Balaban J connectivity index is 2.34. The van der Waals surface area contributed by atoms with Gasteiger partial charge in [-0.2, -0.15) is 0 Å². The zero-order valence-electron chi connectivity index (χ0n) is 11.3. The van der Waals surface area contributed by atoms with Gasteiger partial charge in [-0.3, -0.25) is 10.1 Å². The molecule has 112 valence electrons. The molecule has 2 aromatic rings. The number of nitro benzene ring substituents is 1. The summed E-state index contributed by atoms with van der Waals surface area (Å²) in [5.41, 5.74) is 0.245. The Morgan fingerprint density at radius 1 is 1.48 bits per heavy atom. The molecule has 0 aliphatic rings. The van der Waals surface area contributed by atoms with Gasteiger partial charge in [0.1, 0.15) is 6.04 Å². The van der Waals surface area contributed by atoms with E-state index in [1.165, 1.54) is 12.1 Å². The second-order valence-electron chi connectivity index (χ2n) is 4.53. The van der Waals surface area contributed by atoms with E-state index < -0.39 is 16.9 Å². The van der Waals surface area contributed by atoms with Gasteiger partial charge in [0, 0.05) is 6.07 Å². The first-order valence-corrected chi connectivity index (χ1v) is 6.43. The van der Waals surface area contributed by atoms with Crippen molar-refractivity contribution in [2.24, 2.45) is 0 Å². The first kappa shape index (κ1) is 14.7. The van der Waals surface area contributed by atoms with Crippen LogP contribution in [0.15, 0.2) is 16.8 Å². The van der Waals surface area contributed by atoms with Crippen LogP contribution in [0.5, 0.6) is 0 Å². The molecule has 1 heterocycles. The van der Waals surface area contributed by atoms with Gasteiger partial charge in [0.05, 0.1) is 10.6 Å². The molecule has 0 aliphatic heterocycles. The summed E-state index contributed by atoms with van der Waals surface area (Å²) in [6.45, 7) is 1.96. The molecule has 0 saturated carbocycles. The number of carboxylic acid groups (broad SMARTS) is 1. The summed E-state index contributed by atoms with van der Waals surface area (Å²) in [5, 5.41) is 30.0. The number of carboxylic acids is 1. The van der Waals surface area contributed by atoms with E-state index in [2.05, 4.69) is 20.3 Å². The lowest BCUT2D eigenvalue weighted by molar-refractivity contribution is -0.383. The normalized spacial score (nSPS) is 12.2. The molecule has 9 nitrogen and oxygen atoms in total. The van der Waals surface area contributed by atoms with Gasteiger partial charge in [-0.25, -0.2) is 9.42 Å². The molecule has 0 spiro atoms. The van der Waals surface area contributed by atoms with Crippen LogP contribution in [0.1, 0.15) is 26.2 Å². The van der Waals surface area contributed by atoms with E-state index in [-0.39, 0.29) is 16.7 Å². The molecular weight excluding hydrogens is 280 g/mol. The average Bonchev–Trinajstić information content (AvgIpc) is 2.92. The molecule has 0 amide bonds. The van der Waals surface area contributed by atoms with Gasteiger partial charge in [-0.15, -0.1) is 0 Å². The minimum Gasteiger partial charge on any atom is -0.480 e. The third-order valence-corrected chi connectivity index (χ3v) is 3.07. The number of aliphatic carboxylic acids is 1. The number of benzene rings is 1. The van der Waals surface area contributed by atoms with Gasteiger partial charge in [-0.05, 0) is 22.8 Å². The summed E-state index contributed by atoms with van der Waals surface area (Å²) in [5.74, 6) is -0.994. The average molecular weight is 294 g/mol. The van der Waals surface area contributed by atoms with Crippen LogP contribution in [0.2, 0.25) is 0 Å². The number of carbonyl (C=O) groups is 1. The number of non-ortho nitro benzene ring substituents is 1. The highest BCUT2D eigenvalue weighted by atomic mass is 16.6. The third-order valence-electron chi connectivity index (χ3n) is 3.07. The van der Waals surface area contributed by atoms with Crippen molar-refractivity contribution < 1.29 is 19.5 Å². The number of nitro groups is 1. The maximum absolute atomic E-state index is 11.2. The van der Waals surface area contributed by atoms with Crippen molar-refractivity contribution in [2.45, 2.75) is 32.2 Å². The molecule has 1 atom stereocenters. The Hall–Kier alpha value is -2.71. The van der Waals surface area contributed by atoms with E-state index in [0.29, 0.717) is 12.1 Å². The monoisotopic (exact) mass is 294 g/mol. The molecule has 0 fully saturated rings. The van der Waals surface area contributed by atoms with Gasteiger partial charge in [0.25, 0.3) is 0 Å². The standard InChI is InChI=1S/C12H14N4O5/c1-2-3-4-8(12(17)18)13-7-5-6-9(16(19)20)11-10(7)14-21-15-11/h5-6,8,13H,2-4H2,1H3,(H,17,18)/t8-/m0/s1. The maximum Gasteiger partial charge on any atom is 0.326 e. The Kier molecular flexibility index (Phi) is 4.31. The summed E-state index contributed by atoms with van der Waals surface area (Å²) < 4.78 is 4.53. The fourth-order valence-corrected chi connectivity index (χ4v) is 1.97. The topological polar surface area (TPSA) is 131 Å². The Morgan fingerprint density at radius 3 is 2.81 bits per heavy atom. The van der Waals surface area contributed by atoms with Crippen LogP contribution in [0.3, 0.4) is 0 Å². The van der Waals surface area contributed by atoms with E-state index in [9.17, 15) is 20.0 Å². The lowest BCUT2D eigenvalue weighted by Crippen LogP contribution is -2.29. The van der Waals surface area contributed by atoms with Crippen molar-refractivity contribution in [2.75, 3.05) is 5.32 Å². The number of fused-ring (bicyclic) bond motifs is 1. The van der Waals surface area contributed by atoms with E-state index in [4.69, 9.17) is 0 Å². The van der Waals surface area contributed by atoms with E-state index in [1.54, 1.807) is 0 Å². The predicted octanol–water partition coefficient (Wildman–Crippen LogP) is 2.19. The number of anilines is 1. The molecule has 9 heteroatoms. The van der Waals surface area contributed by atoms with Gasteiger partial charge in [-0.1, -0.05) is 19.8 Å². The Bertz CT molecular complexity index is 669. The van der Waals surface area contributed by atoms with Crippen LogP contribution in [0.4, 0.5) is 11.4 Å². The van der Waals surface area contributed by atoms with Crippen LogP contribution in [-0.4, -0.2) is 32.4 Å². The van der Waals surface area contributed by atoms with Crippen molar-refractivity contribution in [1.82, 2.24) is 10.3 Å². The minimum absolute atomic E-state index is 0.00960. The largest absolute Gasteiger partial charge is 0.480 e. The van der Waals surface area contributed by atoms with Gasteiger partial charge < -0.3 is 10.4 Å². The second-order valence-corrected chi connectivity index (χ2v) is 4.53. The zero-order chi connectivity index (χ0) is 15.4. The highest BCUT2D eigenvalue weighted by Gasteiger charge is 2.23. The van der Waals surface area contributed by atoms with Crippen LogP contribution < -0.4 is 5.32 Å². The molecule has 0 radical (unpaired) electrons. The molecule has 2 N–H and O–H groups in total. The van der Waals surface area contributed by atoms with Gasteiger partial charge in [0.2, 0.25) is 5.52 Å². The van der Waals surface area contributed by atoms with Gasteiger partial charge >= 0.3 is 11.7 Å². The van der Waals surface area contributed by atoms with E-state index in [0.717, 1.165) is 12.8 Å². The summed E-state index contributed by atoms with van der Waals surface area (Å²) in [4.78, 5) is 21.5. The first-order valence-electron chi connectivity index (χ1n) is 6.43. The Labute approximate surface area is 119 Å². The highest BCUT2D eigenvalue weighted by Crippen LogP contribution is 2.29. The first-order chi connectivity index (χ1) is 10.0. The van der Waals surface area contributed by atoms with Crippen molar-refractivity contribution in [3.63, 3.8) is 0 Å². The summed E-state index contributed by atoms with van der Waals surface area (Å²) in [6.07, 6.45) is 2.05. The number of rotatable bonds is 7. The molecule has 0 aliphatic carbocycles. The lowest BCUT2D eigenvalue weighted by Gasteiger charge is -2.15. The van der Waals surface area contributed by atoms with Crippen molar-refractivity contribution in [3.05, 3.63) is 22.2 Å². The fourth-order valence-electron chi connectivity index (χ4n) is 1.97. The summed E-state index contributed by atoms with van der Waals surface area (Å²) in [6, 6.07) is 1.85. The molecule has 0 saturated heterocycles. The second kappa shape index (κ2) is 6.16. The van der Waals surface area contributed by atoms with Gasteiger partial charge in [0.15, 0.2) is 5.52 Å². The highest BCUT2D eigenvalue weighted by molar-refractivity contribution is 5.94. The molecule has 2 rings (SSSR count). The predicted molar refractivity (Wildman–Crippen MR) is 73.0 cm³/mol. The quantitative estimate of drug-likeness (QED) is 0.586. The van der Waals surface area contributed by atoms with Crippen LogP contribution in [0, 0.1) is 10.1 Å². The zero-order valence-corrected chi connectivity index (χ0v) is 11.3. The maximum atomic E-state index is 11.2. The molecule has 21 heavy (non-hydrogen) atoms. The van der Waals surface area contributed by atoms with Crippen molar-refractivity contribution in [3.8, 4) is 0 Å². The number of nitrogens with zero attached hydrogens (tertiary/aromatic N) is 3. The smallest absolute Gasteiger partial charge is 0.326 e. The van der Waals surface area contributed by atoms with Crippen LogP contribution in [-0.2, 0) is 4.79 Å². The fraction of sp³-hybridized carbons (Fsp3) is 0.417. The van der Waals surface area contributed by atoms with Crippen molar-refractivity contribution >= 4 is 28.4 Å². The lowest BCUT2D eigenvalue weighted by atomic mass is 10.1. The number of hydrogen-bond donors (Lipinski definition) is 2. The minimum atomic E-state index is -0.994. The van der Waals surface area contributed by atoms with Crippen LogP contribution in [0.25, 0.3) is 11.0 Å².